The third-order valence-electron chi connectivity index (χ3n) is 2.07. The van der Waals surface area contributed by atoms with Gasteiger partial charge in [0.25, 0.3) is 0 Å². The van der Waals surface area contributed by atoms with Gasteiger partial charge in [0.1, 0.15) is 6.17 Å². The molecule has 1 atom stereocenters. The molecule has 1 aromatic rings. The van der Waals surface area contributed by atoms with Crippen LogP contribution in [0.3, 0.4) is 0 Å². The summed E-state index contributed by atoms with van der Waals surface area (Å²) < 4.78 is 12.9. The summed E-state index contributed by atoms with van der Waals surface area (Å²) in [5.41, 5.74) is 2.66. The SMILES string of the molecule is Cc1ccc(C(C)F)cc1CON. The minimum atomic E-state index is -0.947. The van der Waals surface area contributed by atoms with Crippen molar-refractivity contribution in [1.82, 2.24) is 0 Å². The van der Waals surface area contributed by atoms with Gasteiger partial charge in [0.2, 0.25) is 0 Å². The quantitative estimate of drug-likeness (QED) is 0.730. The molecule has 1 rings (SSSR count). The van der Waals surface area contributed by atoms with E-state index in [4.69, 9.17) is 5.90 Å². The number of nitrogens with two attached hydrogens (primary N) is 1. The van der Waals surface area contributed by atoms with Gasteiger partial charge in [-0.05, 0) is 30.5 Å². The lowest BCUT2D eigenvalue weighted by Crippen LogP contribution is -2.01. The van der Waals surface area contributed by atoms with E-state index in [9.17, 15) is 4.39 Å². The van der Waals surface area contributed by atoms with Crippen molar-refractivity contribution in [1.29, 1.82) is 0 Å². The van der Waals surface area contributed by atoms with Crippen LogP contribution in [0.2, 0.25) is 0 Å². The summed E-state index contributed by atoms with van der Waals surface area (Å²) in [7, 11) is 0. The number of rotatable bonds is 3. The van der Waals surface area contributed by atoms with Gasteiger partial charge in [-0.1, -0.05) is 18.2 Å². The third-order valence-corrected chi connectivity index (χ3v) is 2.07. The van der Waals surface area contributed by atoms with Gasteiger partial charge in [0.05, 0.1) is 6.61 Å². The van der Waals surface area contributed by atoms with Gasteiger partial charge >= 0.3 is 0 Å². The summed E-state index contributed by atoms with van der Waals surface area (Å²) in [6, 6.07) is 5.44. The molecular weight excluding hydrogens is 169 g/mol. The molecule has 0 fully saturated rings. The average molecular weight is 183 g/mol. The highest BCUT2D eigenvalue weighted by atomic mass is 19.1. The standard InChI is InChI=1S/C10H14FNO/c1-7-3-4-9(8(2)11)5-10(7)6-13-12/h3-5,8H,6,12H2,1-2H3. The first-order valence-corrected chi connectivity index (χ1v) is 4.20. The summed E-state index contributed by atoms with van der Waals surface area (Å²) >= 11 is 0. The Morgan fingerprint density at radius 2 is 2.23 bits per heavy atom. The molecule has 1 aromatic carbocycles. The Bertz CT molecular complexity index is 286. The molecule has 13 heavy (non-hydrogen) atoms. The number of hydrogen-bond acceptors (Lipinski definition) is 2. The van der Waals surface area contributed by atoms with Crippen molar-refractivity contribution >= 4 is 0 Å². The van der Waals surface area contributed by atoms with Crippen molar-refractivity contribution in [2.24, 2.45) is 5.90 Å². The predicted molar refractivity (Wildman–Crippen MR) is 49.7 cm³/mol. The van der Waals surface area contributed by atoms with Crippen LogP contribution in [-0.4, -0.2) is 0 Å². The topological polar surface area (TPSA) is 35.2 Å². The second-order valence-corrected chi connectivity index (χ2v) is 3.11. The molecule has 2 nitrogen and oxygen atoms in total. The largest absolute Gasteiger partial charge is 0.300 e. The lowest BCUT2D eigenvalue weighted by Gasteiger charge is -2.08. The minimum absolute atomic E-state index is 0.326. The molecule has 0 bridgehead atoms. The van der Waals surface area contributed by atoms with Crippen molar-refractivity contribution < 1.29 is 9.23 Å². The molecule has 2 N–H and O–H groups in total. The van der Waals surface area contributed by atoms with E-state index in [0.29, 0.717) is 12.2 Å². The van der Waals surface area contributed by atoms with Gasteiger partial charge in [0.15, 0.2) is 0 Å². The van der Waals surface area contributed by atoms with E-state index in [-0.39, 0.29) is 0 Å². The molecule has 0 aromatic heterocycles. The molecule has 3 heteroatoms. The highest BCUT2D eigenvalue weighted by molar-refractivity contribution is 5.31. The summed E-state index contributed by atoms with van der Waals surface area (Å²) in [6.45, 7) is 3.78. The van der Waals surface area contributed by atoms with Crippen LogP contribution < -0.4 is 5.90 Å². The maximum Gasteiger partial charge on any atom is 0.122 e. The van der Waals surface area contributed by atoms with Gasteiger partial charge in [-0.25, -0.2) is 10.3 Å². The van der Waals surface area contributed by atoms with E-state index in [1.54, 1.807) is 12.1 Å². The highest BCUT2D eigenvalue weighted by Crippen LogP contribution is 2.20. The first-order chi connectivity index (χ1) is 6.15. The molecule has 0 aliphatic heterocycles. The van der Waals surface area contributed by atoms with Crippen LogP contribution in [0.25, 0.3) is 0 Å². The molecule has 0 saturated heterocycles. The smallest absolute Gasteiger partial charge is 0.122 e. The molecule has 0 spiro atoms. The summed E-state index contributed by atoms with van der Waals surface area (Å²) in [6.07, 6.45) is -0.947. The Balaban J connectivity index is 2.97. The van der Waals surface area contributed by atoms with Crippen molar-refractivity contribution in [3.63, 3.8) is 0 Å². The fraction of sp³-hybridized carbons (Fsp3) is 0.400. The molecule has 0 aliphatic carbocycles. The van der Waals surface area contributed by atoms with Gasteiger partial charge in [-0.15, -0.1) is 0 Å². The normalized spacial score (nSPS) is 12.9. The predicted octanol–water partition coefficient (Wildman–Crippen LogP) is 2.42. The van der Waals surface area contributed by atoms with Gasteiger partial charge in [-0.2, -0.15) is 0 Å². The molecule has 0 saturated carbocycles. The summed E-state index contributed by atoms with van der Waals surface area (Å²) in [5.74, 6) is 4.96. The minimum Gasteiger partial charge on any atom is -0.300 e. The molecular formula is C10H14FNO. The van der Waals surface area contributed by atoms with Crippen molar-refractivity contribution in [3.8, 4) is 0 Å². The lowest BCUT2D eigenvalue weighted by molar-refractivity contribution is 0.123. The van der Waals surface area contributed by atoms with E-state index in [0.717, 1.165) is 11.1 Å². The van der Waals surface area contributed by atoms with Crippen LogP contribution in [0, 0.1) is 6.92 Å². The number of hydrogen-bond donors (Lipinski definition) is 1. The average Bonchev–Trinajstić information content (AvgIpc) is 2.08. The summed E-state index contributed by atoms with van der Waals surface area (Å²) in [4.78, 5) is 4.52. The number of aryl methyl sites for hydroxylation is 1. The van der Waals surface area contributed by atoms with Crippen LogP contribution in [-0.2, 0) is 11.4 Å². The van der Waals surface area contributed by atoms with E-state index in [1.807, 2.05) is 13.0 Å². The van der Waals surface area contributed by atoms with Gasteiger partial charge < -0.3 is 0 Å². The van der Waals surface area contributed by atoms with Crippen molar-refractivity contribution in [3.05, 3.63) is 34.9 Å². The molecule has 0 heterocycles. The van der Waals surface area contributed by atoms with E-state index >= 15 is 0 Å². The Kier molecular flexibility index (Phi) is 3.39. The summed E-state index contributed by atoms with van der Waals surface area (Å²) in [5, 5.41) is 0. The molecule has 0 amide bonds. The molecule has 0 aliphatic rings. The van der Waals surface area contributed by atoms with Crippen LogP contribution in [0.15, 0.2) is 18.2 Å². The number of alkyl halides is 1. The monoisotopic (exact) mass is 183 g/mol. The van der Waals surface area contributed by atoms with Crippen LogP contribution in [0.4, 0.5) is 4.39 Å². The number of halogens is 1. The van der Waals surface area contributed by atoms with Gasteiger partial charge in [0, 0.05) is 0 Å². The maximum atomic E-state index is 12.9. The first-order valence-electron chi connectivity index (χ1n) is 4.20. The second kappa shape index (κ2) is 4.35. The maximum absolute atomic E-state index is 12.9. The van der Waals surface area contributed by atoms with Crippen LogP contribution in [0.1, 0.15) is 29.8 Å². The second-order valence-electron chi connectivity index (χ2n) is 3.11. The third kappa shape index (κ3) is 2.50. The van der Waals surface area contributed by atoms with E-state index in [2.05, 4.69) is 4.84 Å². The Morgan fingerprint density at radius 3 is 2.77 bits per heavy atom. The van der Waals surface area contributed by atoms with Crippen LogP contribution in [0.5, 0.6) is 0 Å². The Hall–Kier alpha value is -0.930. The zero-order chi connectivity index (χ0) is 9.84. The zero-order valence-corrected chi connectivity index (χ0v) is 7.88. The van der Waals surface area contributed by atoms with Gasteiger partial charge in [-0.3, -0.25) is 4.84 Å². The van der Waals surface area contributed by atoms with Crippen LogP contribution >= 0.6 is 0 Å². The van der Waals surface area contributed by atoms with Crippen molar-refractivity contribution in [2.45, 2.75) is 26.6 Å². The first kappa shape index (κ1) is 10.2. The molecule has 1 unspecified atom stereocenters. The molecule has 0 radical (unpaired) electrons. The Labute approximate surface area is 77.5 Å². The van der Waals surface area contributed by atoms with E-state index < -0.39 is 6.17 Å². The van der Waals surface area contributed by atoms with Crippen molar-refractivity contribution in [2.75, 3.05) is 0 Å². The zero-order valence-electron chi connectivity index (χ0n) is 7.88. The fourth-order valence-corrected chi connectivity index (χ4v) is 1.18. The molecule has 72 valence electrons. The fourth-order valence-electron chi connectivity index (χ4n) is 1.18. The number of benzene rings is 1. The van der Waals surface area contributed by atoms with E-state index in [1.165, 1.54) is 6.92 Å². The Morgan fingerprint density at radius 1 is 1.54 bits per heavy atom. The lowest BCUT2D eigenvalue weighted by atomic mass is 10.0. The highest BCUT2D eigenvalue weighted by Gasteiger charge is 2.05.